The average molecular weight is 1780 g/mol. The van der Waals surface area contributed by atoms with E-state index in [1.165, 1.54) is 118 Å². The fraction of sp³-hybridized carbons (Fsp3) is 0. The number of aromatic nitrogens is 9. The van der Waals surface area contributed by atoms with E-state index in [1.807, 2.05) is 145 Å². The predicted molar refractivity (Wildman–Crippen MR) is 573 cm³/mol. The number of hydrogen-bond acceptors (Lipinski definition) is 9. The molecule has 138 heavy (non-hydrogen) atoms. The second-order valence-corrected chi connectivity index (χ2v) is 36.0. The Morgan fingerprint density at radius 1 is 0.188 bits per heavy atom. The normalized spacial score (nSPS) is 11.8. The van der Waals surface area contributed by atoms with Gasteiger partial charge in [-0.15, -0.1) is 11.3 Å². The summed E-state index contributed by atoms with van der Waals surface area (Å²) in [7, 11) is 0. The van der Waals surface area contributed by atoms with Crippen LogP contribution in [0.15, 0.2) is 476 Å². The van der Waals surface area contributed by atoms with Gasteiger partial charge in [0.15, 0.2) is 40.5 Å². The first kappa shape index (κ1) is 79.4. The number of fused-ring (bicyclic) bond motifs is 28. The van der Waals surface area contributed by atoms with Gasteiger partial charge in [0.25, 0.3) is 0 Å². The van der Waals surface area contributed by atoms with Gasteiger partial charge in [0.05, 0.1) is 43.2 Å². The van der Waals surface area contributed by atoms with Gasteiger partial charge in [-0.2, -0.15) is 0 Å². The predicted octanol–water partition coefficient (Wildman–Crippen LogP) is 33.7. The molecule has 8 heterocycles. The Labute approximate surface area is 794 Å². The first-order valence-corrected chi connectivity index (χ1v) is 47.3. The Hall–Kier alpha value is -18.4. The molecule has 0 amide bonds. The molecule has 8 aromatic heterocycles. The Morgan fingerprint density at radius 2 is 0.529 bits per heavy atom. The number of para-hydroxylation sites is 5. The van der Waals surface area contributed by atoms with Crippen LogP contribution in [0.25, 0.3) is 269 Å². The molecule has 0 saturated carbocycles. The quantitative estimate of drug-likeness (QED) is 0.126. The maximum Gasteiger partial charge on any atom is 0.164 e. The Balaban J connectivity index is 0.000000105. The van der Waals surface area contributed by atoms with Crippen molar-refractivity contribution in [3.63, 3.8) is 0 Å². The zero-order valence-electron chi connectivity index (χ0n) is 74.2. The van der Waals surface area contributed by atoms with E-state index in [1.54, 1.807) is 0 Å². The monoisotopic (exact) mass is 1780 g/mol. The molecule has 0 aliphatic heterocycles. The van der Waals surface area contributed by atoms with Crippen LogP contribution in [0.4, 0.5) is 0 Å². The van der Waals surface area contributed by atoms with Crippen LogP contribution in [-0.4, -0.2) is 43.6 Å². The van der Waals surface area contributed by atoms with Gasteiger partial charge < -0.3 is 22.5 Å². The summed E-state index contributed by atoms with van der Waals surface area (Å²) in [5.74, 6) is 3.88. The van der Waals surface area contributed by atoms with E-state index >= 15 is 0 Å². The maximum absolute atomic E-state index is 6.72. The van der Waals surface area contributed by atoms with Gasteiger partial charge in [0.2, 0.25) is 0 Å². The van der Waals surface area contributed by atoms with Gasteiger partial charge in [0, 0.05) is 114 Å². The van der Waals surface area contributed by atoms with Crippen LogP contribution in [0.2, 0.25) is 0 Å². The van der Waals surface area contributed by atoms with Gasteiger partial charge in [-0.1, -0.05) is 358 Å². The number of nitrogens with zero attached hydrogens (tertiary/aromatic N) is 9. The highest BCUT2D eigenvalue weighted by molar-refractivity contribution is 7.27. The lowest BCUT2D eigenvalue weighted by molar-refractivity contribution is 0.671. The number of benzene rings is 21. The molecule has 0 unspecified atom stereocenters. The van der Waals surface area contributed by atoms with Crippen molar-refractivity contribution >= 4 is 173 Å². The van der Waals surface area contributed by atoms with Crippen LogP contribution in [0.5, 0.6) is 0 Å². The van der Waals surface area contributed by atoms with Crippen molar-refractivity contribution in [3.05, 3.63) is 467 Å². The molecular weight excluding hydrogens is 1700 g/mol. The molecule has 0 saturated heterocycles. The van der Waals surface area contributed by atoms with Crippen molar-refractivity contribution in [2.45, 2.75) is 0 Å². The van der Waals surface area contributed by atoms with E-state index in [9.17, 15) is 0 Å². The molecule has 21 aromatic carbocycles. The fourth-order valence-electron chi connectivity index (χ4n) is 20.8. The molecule has 29 aromatic rings. The molecule has 29 rings (SSSR count). The van der Waals surface area contributed by atoms with Crippen molar-refractivity contribution in [1.82, 2.24) is 43.6 Å². The summed E-state index contributed by atoms with van der Waals surface area (Å²) < 4.78 is 23.0. The van der Waals surface area contributed by atoms with Gasteiger partial charge >= 0.3 is 0 Å². The molecule has 0 spiro atoms. The second kappa shape index (κ2) is 32.8. The number of rotatable bonds is 11. The van der Waals surface area contributed by atoms with Crippen LogP contribution in [0.1, 0.15) is 0 Å². The lowest BCUT2D eigenvalue weighted by Crippen LogP contribution is -2.00. The summed E-state index contributed by atoms with van der Waals surface area (Å²) >= 11 is 1.88. The zero-order valence-corrected chi connectivity index (χ0v) is 75.0. The fourth-order valence-corrected chi connectivity index (χ4v) is 22.1. The third-order valence-corrected chi connectivity index (χ3v) is 28.2. The minimum absolute atomic E-state index is 0.627. The molecule has 0 aliphatic rings. The van der Waals surface area contributed by atoms with E-state index in [-0.39, 0.29) is 0 Å². The van der Waals surface area contributed by atoms with E-state index < -0.39 is 0 Å². The van der Waals surface area contributed by atoms with E-state index in [0.29, 0.717) is 34.9 Å². The third kappa shape index (κ3) is 13.2. The standard InChI is InChI=1S/C43H26N4O.C43H26N4S.C40H25NO/c2*1-3-13-27(14-4-1)41-44-42(28-15-5-2-6-16-28)46-43(45-41)29-23-25-30(26-24-29)47-35-21-11-9-19-33(35)37-31-17-7-8-18-32(31)38-34-20-10-12-22-36(34)48-40(38)39(37)47;1-2-10-26(11-3-1)27-18-20-28(21-19-27)35-25-30(24-29-12-4-5-13-31(29)35)41-36-16-8-6-15-34(36)39-37(41)23-22-33-32-14-7-9-17-38(32)42-40(33)39/h2*1-26H;1-25H. The van der Waals surface area contributed by atoms with Crippen LogP contribution >= 0.6 is 11.3 Å². The van der Waals surface area contributed by atoms with Crippen molar-refractivity contribution in [1.29, 1.82) is 0 Å². The summed E-state index contributed by atoms with van der Waals surface area (Å²) in [5.41, 5.74) is 24.4. The minimum Gasteiger partial charge on any atom is -0.455 e. The molecule has 12 heteroatoms. The smallest absolute Gasteiger partial charge is 0.164 e. The summed E-state index contributed by atoms with van der Waals surface area (Å²) in [6, 6.07) is 164. The second-order valence-electron chi connectivity index (χ2n) is 35.0. The Kier molecular flexibility index (Phi) is 18.9. The summed E-state index contributed by atoms with van der Waals surface area (Å²) in [6.45, 7) is 0. The molecule has 0 bridgehead atoms. The summed E-state index contributed by atoms with van der Waals surface area (Å²) in [5, 5.41) is 21.9. The lowest BCUT2D eigenvalue weighted by atomic mass is 9.95. The average Bonchev–Trinajstić information content (AvgIpc) is 1.54. The minimum atomic E-state index is 0.627. The molecule has 0 aliphatic carbocycles. The summed E-state index contributed by atoms with van der Waals surface area (Å²) in [4.78, 5) is 29.6. The first-order chi connectivity index (χ1) is 68.5. The van der Waals surface area contributed by atoms with Gasteiger partial charge in [-0.25, -0.2) is 29.9 Å². The molecule has 0 fully saturated rings. The van der Waals surface area contributed by atoms with Crippen molar-refractivity contribution < 1.29 is 8.83 Å². The highest BCUT2D eigenvalue weighted by atomic mass is 32.1. The molecular formula is C126H77N9O2S. The van der Waals surface area contributed by atoms with Crippen LogP contribution in [0.3, 0.4) is 0 Å². The van der Waals surface area contributed by atoms with Crippen LogP contribution in [-0.2, 0) is 0 Å². The number of thiophene rings is 1. The van der Waals surface area contributed by atoms with Crippen LogP contribution < -0.4 is 0 Å². The van der Waals surface area contributed by atoms with Crippen molar-refractivity contribution in [2.24, 2.45) is 0 Å². The highest BCUT2D eigenvalue weighted by Gasteiger charge is 2.28. The Morgan fingerprint density at radius 3 is 1.04 bits per heavy atom. The van der Waals surface area contributed by atoms with Crippen molar-refractivity contribution in [3.8, 4) is 108 Å². The van der Waals surface area contributed by atoms with Crippen molar-refractivity contribution in [2.75, 3.05) is 0 Å². The lowest BCUT2D eigenvalue weighted by Gasteiger charge is -2.14. The molecule has 0 N–H and O–H groups in total. The zero-order chi connectivity index (χ0) is 90.8. The van der Waals surface area contributed by atoms with E-state index in [2.05, 4.69) is 347 Å². The highest BCUT2D eigenvalue weighted by Crippen LogP contribution is 2.51. The molecule has 11 nitrogen and oxygen atoms in total. The molecule has 644 valence electrons. The maximum atomic E-state index is 6.72. The van der Waals surface area contributed by atoms with Gasteiger partial charge in [-0.05, 0) is 164 Å². The van der Waals surface area contributed by atoms with Gasteiger partial charge in [0.1, 0.15) is 16.7 Å². The van der Waals surface area contributed by atoms with Crippen LogP contribution in [0, 0.1) is 0 Å². The molecule has 0 atom stereocenters. The van der Waals surface area contributed by atoms with Gasteiger partial charge in [-0.3, -0.25) is 0 Å². The first-order valence-electron chi connectivity index (χ1n) is 46.4. The summed E-state index contributed by atoms with van der Waals surface area (Å²) in [6.07, 6.45) is 0. The van der Waals surface area contributed by atoms with E-state index in [4.69, 9.17) is 38.7 Å². The molecule has 0 radical (unpaired) electrons. The topological polar surface area (TPSA) is 118 Å². The third-order valence-electron chi connectivity index (χ3n) is 27.1. The van der Waals surface area contributed by atoms with E-state index in [0.717, 1.165) is 116 Å². The largest absolute Gasteiger partial charge is 0.455 e. The number of hydrogen-bond donors (Lipinski definition) is 0. The number of furan rings is 2. The SMILES string of the molecule is c1ccc(-c2ccc(-c3cc(-n4c5ccccc5c5c6oc7ccccc7c6ccc54)cc4ccccc34)cc2)cc1.c1ccc(-c2nc(-c3ccccc3)nc(-c3ccc(-n4c5ccccc5c5c6ccccc6c6c7ccccc7oc6c54)cc3)n2)cc1.c1ccc(-c2nc(-c3ccccc3)nc(-c3ccc(-n4c5ccccc5c5c6ccccc6c6c7ccccc7sc6c54)cc3)n2)cc1. The Bertz CT molecular complexity index is 9370.